The maximum Gasteiger partial charge on any atom is 0.167 e. The summed E-state index contributed by atoms with van der Waals surface area (Å²) in [5.74, 6) is 3.45. The summed E-state index contributed by atoms with van der Waals surface area (Å²) in [5.41, 5.74) is 22.2. The Hall–Kier alpha value is -6.24. The second kappa shape index (κ2) is 22.7. The summed E-state index contributed by atoms with van der Waals surface area (Å²) in [6.45, 7) is 18.9. The van der Waals surface area contributed by atoms with Crippen LogP contribution in [0.4, 0.5) is 11.6 Å². The third kappa shape index (κ3) is 11.0. The van der Waals surface area contributed by atoms with Gasteiger partial charge in [-0.25, -0.2) is 39.9 Å². The van der Waals surface area contributed by atoms with E-state index in [1.54, 1.807) is 10.9 Å². The van der Waals surface area contributed by atoms with Crippen molar-refractivity contribution in [3.63, 3.8) is 0 Å². The SMILES string of the molecule is CC(C)N(C[C@H]1O[C@@H](n2cnc3c(N)ncnc32)[C@@H]2OC(C)(C)O[C@@H]21)C1CC(CCc2nc3ccc(C4(C)CCC4)cc3[nH]2)C1.CC(C)N(C[C@H]1O[C@@H](n2cnc3c(N)ncnc32)[C@H](O)[C@@H]1O)C1CC(CCc2nc3ccc(C4(C)CCC4)cc3[nH]2)C1. The van der Waals surface area contributed by atoms with Gasteiger partial charge in [0.05, 0.1) is 34.7 Å². The molecule has 2 aromatic carbocycles. The van der Waals surface area contributed by atoms with Crippen LogP contribution in [0.2, 0.25) is 0 Å². The summed E-state index contributed by atoms with van der Waals surface area (Å²) in [6.07, 6.45) is 18.2. The number of aliphatic hydroxyl groups is 2. The molecule has 9 heterocycles. The van der Waals surface area contributed by atoms with Gasteiger partial charge in [0.15, 0.2) is 41.2 Å². The molecule has 0 spiro atoms. The third-order valence-electron chi connectivity index (χ3n) is 21.2. The van der Waals surface area contributed by atoms with E-state index in [0.717, 1.165) is 73.3 Å². The van der Waals surface area contributed by atoms with Crippen LogP contribution in [0.15, 0.2) is 61.7 Å². The molecular formula is C65H88N16O6. The number of aliphatic hydroxyl groups excluding tert-OH is 2. The number of nitrogen functional groups attached to an aromatic ring is 2. The molecule has 0 amide bonds. The number of anilines is 2. The number of nitrogens with two attached hydrogens (primary N) is 2. The highest BCUT2D eigenvalue weighted by Gasteiger charge is 2.57. The zero-order chi connectivity index (χ0) is 60.3. The minimum absolute atomic E-state index is 0.150. The van der Waals surface area contributed by atoms with Gasteiger partial charge in [0.2, 0.25) is 0 Å². The molecule has 87 heavy (non-hydrogen) atoms. The number of aryl methyl sites for hydroxylation is 2. The molecule has 22 nitrogen and oxygen atoms in total. The highest BCUT2D eigenvalue weighted by atomic mass is 16.8. The smallest absolute Gasteiger partial charge is 0.167 e. The number of hydrogen-bond acceptors (Lipinski definition) is 18. The number of aromatic nitrogens is 12. The largest absolute Gasteiger partial charge is 0.387 e. The Balaban J connectivity index is 0.000000154. The molecule has 0 radical (unpaired) electrons. The van der Waals surface area contributed by atoms with Crippen molar-refractivity contribution in [2.24, 2.45) is 11.8 Å². The summed E-state index contributed by atoms with van der Waals surface area (Å²) in [6, 6.07) is 15.2. The number of hydrogen-bond donors (Lipinski definition) is 6. The van der Waals surface area contributed by atoms with Crippen molar-refractivity contribution in [2.75, 3.05) is 24.6 Å². The van der Waals surface area contributed by atoms with Crippen LogP contribution in [0.3, 0.4) is 0 Å². The normalized spacial score (nSPS) is 29.7. The molecule has 15 rings (SSSR count). The first-order valence-corrected chi connectivity index (χ1v) is 32.2. The lowest BCUT2D eigenvalue weighted by molar-refractivity contribution is -0.199. The van der Waals surface area contributed by atoms with E-state index >= 15 is 0 Å². The number of nitrogens with zero attached hydrogens (tertiary/aromatic N) is 12. The van der Waals surface area contributed by atoms with Gasteiger partial charge in [-0.3, -0.25) is 18.9 Å². The summed E-state index contributed by atoms with van der Waals surface area (Å²) < 4.78 is 29.4. The standard InChI is InChI=1S/C34H46N8O3.C31H42N8O3/c1-19(2)41(22-13-20(14-22)7-10-26-39-23-9-8-21(15-24(23)40-26)34(5)11-6-12-34)16-25-28-29(45-33(3,4)44-28)32(43-25)42-18-38-27-30(35)36-17-37-31(27)42;1-17(2)38(14-23-26(40)27(41)30(42-23)39-16-35-25-28(32)33-15-34-29(25)39)20-11-18(12-20)5-8-24-36-21-7-6-19(13-22(21)37-24)31(3)9-4-10-31/h8-9,15,17-20,22,25,28-29,32H,6-7,10-14,16H2,1-5H3,(H,39,40)(H2,35,36,37);6-7,13,15-18,20,23,26-27,30,40-41H,4-5,8-12,14H2,1-3H3,(H,36,37)(H2,32,33,34)/t20?,22?,25-,28-,29-,32-;18?,20?,23-,26-,27-,30-/m11/s1. The van der Waals surface area contributed by atoms with Crippen molar-refractivity contribution in [1.82, 2.24) is 68.8 Å². The Morgan fingerprint density at radius 1 is 0.598 bits per heavy atom. The minimum atomic E-state index is -1.11. The van der Waals surface area contributed by atoms with Crippen molar-refractivity contribution < 1.29 is 29.2 Å². The average Bonchev–Trinajstić information content (AvgIpc) is 1.68. The Morgan fingerprint density at radius 2 is 1.06 bits per heavy atom. The molecule has 22 heteroatoms. The molecule has 8 atom stereocenters. The van der Waals surface area contributed by atoms with Crippen LogP contribution in [-0.4, -0.2) is 159 Å². The van der Waals surface area contributed by atoms with Crippen LogP contribution in [-0.2, 0) is 42.6 Å². The van der Waals surface area contributed by atoms with Crippen LogP contribution in [0.5, 0.6) is 0 Å². The second-order valence-electron chi connectivity index (χ2n) is 28.1. The highest BCUT2D eigenvalue weighted by Crippen LogP contribution is 2.48. The molecule has 7 fully saturated rings. The molecule has 464 valence electrons. The van der Waals surface area contributed by atoms with Gasteiger partial charge in [-0.15, -0.1) is 0 Å². The predicted molar refractivity (Wildman–Crippen MR) is 331 cm³/mol. The van der Waals surface area contributed by atoms with Gasteiger partial charge in [0.1, 0.15) is 72.0 Å². The van der Waals surface area contributed by atoms with Gasteiger partial charge in [0, 0.05) is 50.1 Å². The molecule has 0 unspecified atom stereocenters. The van der Waals surface area contributed by atoms with Crippen LogP contribution in [0, 0.1) is 11.8 Å². The lowest BCUT2D eigenvalue weighted by Crippen LogP contribution is -2.52. The summed E-state index contributed by atoms with van der Waals surface area (Å²) in [7, 11) is 0. The summed E-state index contributed by atoms with van der Waals surface area (Å²) >= 11 is 0. The zero-order valence-corrected chi connectivity index (χ0v) is 51.7. The maximum absolute atomic E-state index is 11.0. The highest BCUT2D eigenvalue weighted by molar-refractivity contribution is 5.82. The Morgan fingerprint density at radius 3 is 1.53 bits per heavy atom. The Labute approximate surface area is 508 Å². The van der Waals surface area contributed by atoms with E-state index in [9.17, 15) is 10.2 Å². The molecule has 8 N–H and O–H groups in total. The van der Waals surface area contributed by atoms with E-state index in [1.807, 2.05) is 18.4 Å². The van der Waals surface area contributed by atoms with Crippen molar-refractivity contribution >= 4 is 56.0 Å². The van der Waals surface area contributed by atoms with E-state index in [-0.39, 0.29) is 30.2 Å². The molecular weight excluding hydrogens is 1100 g/mol. The van der Waals surface area contributed by atoms with E-state index in [2.05, 4.69) is 128 Å². The number of imidazole rings is 4. The molecule has 8 aromatic rings. The molecule has 4 aliphatic carbocycles. The minimum Gasteiger partial charge on any atom is -0.387 e. The Bertz CT molecular complexity index is 3760. The molecule has 3 saturated heterocycles. The first-order chi connectivity index (χ1) is 41.8. The first kappa shape index (κ1) is 58.4. The molecule has 7 aliphatic rings. The van der Waals surface area contributed by atoms with Crippen LogP contribution in [0.25, 0.3) is 44.4 Å². The van der Waals surface area contributed by atoms with Gasteiger partial charge in [-0.2, -0.15) is 0 Å². The topological polar surface area (TPSA) is 280 Å². The fourth-order valence-electron chi connectivity index (χ4n) is 15.4. The van der Waals surface area contributed by atoms with Gasteiger partial charge in [-0.1, -0.05) is 38.8 Å². The lowest BCUT2D eigenvalue weighted by atomic mass is 9.66. The number of H-pyrrole nitrogens is 2. The van der Waals surface area contributed by atoms with Crippen molar-refractivity contribution in [1.29, 1.82) is 0 Å². The van der Waals surface area contributed by atoms with E-state index in [0.29, 0.717) is 75.5 Å². The lowest BCUT2D eigenvalue weighted by Gasteiger charge is -2.46. The second-order valence-corrected chi connectivity index (χ2v) is 28.1. The first-order valence-electron chi connectivity index (χ1n) is 32.2. The number of aromatic amines is 2. The quantitative estimate of drug-likeness (QED) is 0.0468. The van der Waals surface area contributed by atoms with Gasteiger partial charge in [0.25, 0.3) is 0 Å². The van der Waals surface area contributed by atoms with E-state index in [4.69, 9.17) is 40.4 Å². The zero-order valence-electron chi connectivity index (χ0n) is 51.7. The monoisotopic (exact) mass is 1190 g/mol. The van der Waals surface area contributed by atoms with Crippen LogP contribution >= 0.6 is 0 Å². The fraction of sp³-hybridized carbons (Fsp3) is 0.631. The van der Waals surface area contributed by atoms with Gasteiger partial charge >= 0.3 is 0 Å². The number of benzene rings is 2. The van der Waals surface area contributed by atoms with Crippen molar-refractivity contribution in [3.8, 4) is 0 Å². The van der Waals surface area contributed by atoms with Crippen molar-refractivity contribution in [2.45, 2.75) is 235 Å². The Kier molecular flexibility index (Phi) is 15.2. The van der Waals surface area contributed by atoms with E-state index in [1.165, 1.54) is 87.0 Å². The summed E-state index contributed by atoms with van der Waals surface area (Å²) in [5, 5.41) is 21.9. The predicted octanol–water partition coefficient (Wildman–Crippen LogP) is 8.73. The average molecular weight is 1190 g/mol. The number of rotatable bonds is 18. The molecule has 3 aliphatic heterocycles. The number of ether oxygens (including phenoxy) is 4. The maximum atomic E-state index is 11.0. The third-order valence-corrected chi connectivity index (χ3v) is 21.2. The molecule has 0 bridgehead atoms. The molecule has 4 saturated carbocycles. The number of fused-ring (bicyclic) bond motifs is 5. The van der Waals surface area contributed by atoms with Crippen LogP contribution < -0.4 is 11.5 Å². The van der Waals surface area contributed by atoms with Gasteiger partial charge in [-0.05, 0) is 164 Å². The van der Waals surface area contributed by atoms with Crippen LogP contribution in [0.1, 0.15) is 168 Å². The molecule has 6 aromatic heterocycles. The number of nitrogens with one attached hydrogen (secondary N) is 2. The van der Waals surface area contributed by atoms with Crippen molar-refractivity contribution in [3.05, 3.63) is 84.5 Å². The summed E-state index contributed by atoms with van der Waals surface area (Å²) in [4.78, 5) is 47.6. The van der Waals surface area contributed by atoms with E-state index < -0.39 is 36.6 Å². The van der Waals surface area contributed by atoms with Gasteiger partial charge < -0.3 is 50.6 Å². The fourth-order valence-corrected chi connectivity index (χ4v) is 15.4.